The molecule has 6 nitrogen and oxygen atoms in total. The predicted octanol–water partition coefficient (Wildman–Crippen LogP) is 4.13. The summed E-state index contributed by atoms with van der Waals surface area (Å²) in [7, 11) is 0. The second-order valence-electron chi connectivity index (χ2n) is 7.39. The lowest BCUT2D eigenvalue weighted by Gasteiger charge is -2.16. The first-order valence-electron chi connectivity index (χ1n) is 9.56. The van der Waals surface area contributed by atoms with Crippen LogP contribution in [0.3, 0.4) is 0 Å². The number of nitrogens with zero attached hydrogens (tertiary/aromatic N) is 1. The summed E-state index contributed by atoms with van der Waals surface area (Å²) in [5.41, 5.74) is 3.16. The summed E-state index contributed by atoms with van der Waals surface area (Å²) in [5, 5.41) is 12.3. The van der Waals surface area contributed by atoms with Gasteiger partial charge in [-0.3, -0.25) is 4.79 Å². The largest absolute Gasteiger partial charge is 0.454 e. The van der Waals surface area contributed by atoms with Crippen molar-refractivity contribution in [2.45, 2.75) is 24.9 Å². The maximum absolute atomic E-state index is 13.0. The van der Waals surface area contributed by atoms with Crippen LogP contribution in [-0.4, -0.2) is 22.8 Å². The molecule has 1 saturated carbocycles. The smallest absolute Gasteiger partial charge is 0.236 e. The highest BCUT2D eigenvalue weighted by molar-refractivity contribution is 6.01. The van der Waals surface area contributed by atoms with E-state index < -0.39 is 5.41 Å². The van der Waals surface area contributed by atoms with Crippen molar-refractivity contribution in [3.63, 3.8) is 0 Å². The fraction of sp³-hybridized carbons (Fsp3) is 0.217. The molecule has 0 spiro atoms. The summed E-state index contributed by atoms with van der Waals surface area (Å²) in [6.45, 7) is 0.215. The Morgan fingerprint density at radius 3 is 2.69 bits per heavy atom. The second kappa shape index (κ2) is 6.90. The van der Waals surface area contributed by atoms with Gasteiger partial charge in [-0.15, -0.1) is 0 Å². The van der Waals surface area contributed by atoms with Gasteiger partial charge in [0.2, 0.25) is 12.7 Å². The minimum atomic E-state index is -0.531. The number of carbonyl (C=O) groups is 1. The number of rotatable bonds is 5. The third kappa shape index (κ3) is 3.21. The molecule has 0 saturated heterocycles. The summed E-state index contributed by atoms with van der Waals surface area (Å²) in [4.78, 5) is 17.4. The van der Waals surface area contributed by atoms with Crippen LogP contribution in [0.15, 0.2) is 60.8 Å². The normalized spacial score (nSPS) is 15.8. The molecule has 0 atom stereocenters. The molecule has 1 amide bonds. The van der Waals surface area contributed by atoms with E-state index in [9.17, 15) is 9.90 Å². The fourth-order valence-electron chi connectivity index (χ4n) is 3.69. The van der Waals surface area contributed by atoms with Gasteiger partial charge in [0.25, 0.3) is 0 Å². The van der Waals surface area contributed by atoms with E-state index in [0.29, 0.717) is 17.3 Å². The molecule has 0 radical (unpaired) electrons. The van der Waals surface area contributed by atoms with E-state index in [2.05, 4.69) is 10.3 Å². The lowest BCUT2D eigenvalue weighted by atomic mass is 9.94. The number of carbonyl (C=O) groups excluding carboxylic acids is 1. The van der Waals surface area contributed by atoms with Gasteiger partial charge in [-0.05, 0) is 59.9 Å². The van der Waals surface area contributed by atoms with Crippen molar-refractivity contribution in [1.29, 1.82) is 0 Å². The molecule has 0 unspecified atom stereocenters. The van der Waals surface area contributed by atoms with Gasteiger partial charge in [0.15, 0.2) is 11.5 Å². The molecule has 6 heteroatoms. The second-order valence-corrected chi connectivity index (χ2v) is 7.39. The summed E-state index contributed by atoms with van der Waals surface area (Å²) in [5.74, 6) is 1.87. The van der Waals surface area contributed by atoms with Gasteiger partial charge in [-0.25, -0.2) is 4.98 Å². The van der Waals surface area contributed by atoms with Gasteiger partial charge in [0, 0.05) is 14.6 Å². The Labute approximate surface area is 171 Å². The van der Waals surface area contributed by atoms with E-state index in [1.807, 2.05) is 48.5 Å². The van der Waals surface area contributed by atoms with Crippen LogP contribution in [0.2, 0.25) is 0 Å². The van der Waals surface area contributed by atoms with Crippen LogP contribution < -0.4 is 14.8 Å². The molecular formula is C23H24N2O4. The highest BCUT2D eigenvalue weighted by Gasteiger charge is 2.51. The number of aromatic nitrogens is 1. The van der Waals surface area contributed by atoms with E-state index in [1.165, 1.54) is 0 Å². The Morgan fingerprint density at radius 2 is 1.93 bits per heavy atom. The Morgan fingerprint density at radius 1 is 1.07 bits per heavy atom. The molecule has 0 bridgehead atoms. The molecule has 2 aromatic carbocycles. The van der Waals surface area contributed by atoms with Gasteiger partial charge < -0.3 is 19.9 Å². The number of hydrogen-bond donors (Lipinski definition) is 2. The van der Waals surface area contributed by atoms with Gasteiger partial charge >= 0.3 is 0 Å². The zero-order valence-electron chi connectivity index (χ0n) is 15.7. The number of pyridine rings is 1. The highest BCUT2D eigenvalue weighted by Crippen LogP contribution is 2.51. The van der Waals surface area contributed by atoms with E-state index >= 15 is 0 Å². The molecule has 150 valence electrons. The van der Waals surface area contributed by atoms with E-state index in [1.54, 1.807) is 12.3 Å². The van der Waals surface area contributed by atoms with Crippen molar-refractivity contribution in [3.8, 4) is 22.6 Å². The summed E-state index contributed by atoms with van der Waals surface area (Å²) in [6, 6.07) is 17.1. The predicted molar refractivity (Wildman–Crippen MR) is 112 cm³/mol. The first-order valence-corrected chi connectivity index (χ1v) is 9.56. The number of fused-ring (bicyclic) bond motifs is 1. The van der Waals surface area contributed by atoms with Gasteiger partial charge in [-0.1, -0.05) is 24.3 Å². The number of anilines is 1. The molecule has 1 aliphatic heterocycles. The number of benzene rings is 2. The Bertz CT molecular complexity index is 1090. The maximum atomic E-state index is 13.0. The standard InChI is InChI=1S/C23H20N2O4.2H2/c26-13-15-2-1-3-16(10-15)17-4-7-21(24-12-17)25-22(27)23(8-9-23)18-5-6-19-20(11-18)29-14-28-19;;/h1-7,10-12,26H,8-9,13-14H2,(H,24,25,27);2*1H. The monoisotopic (exact) mass is 392 g/mol. The van der Waals surface area contributed by atoms with Crippen LogP contribution in [0, 0.1) is 0 Å². The van der Waals surface area contributed by atoms with Crippen LogP contribution in [-0.2, 0) is 16.8 Å². The SMILES string of the molecule is O=C(Nc1ccc(-c2cccc(CO)c2)cn1)C1(c2ccc3c(c2)OCO3)CC1.[HH].[HH]. The van der Waals surface area contributed by atoms with Crippen LogP contribution in [0.1, 0.15) is 26.8 Å². The van der Waals surface area contributed by atoms with Crippen molar-refractivity contribution in [2.24, 2.45) is 0 Å². The molecule has 2 aliphatic rings. The molecular weight excluding hydrogens is 368 g/mol. The average Bonchev–Trinajstić information content (AvgIpc) is 3.45. The fourth-order valence-corrected chi connectivity index (χ4v) is 3.69. The third-order valence-corrected chi connectivity index (χ3v) is 5.56. The van der Waals surface area contributed by atoms with Crippen LogP contribution in [0.4, 0.5) is 5.82 Å². The van der Waals surface area contributed by atoms with E-state index in [4.69, 9.17) is 9.47 Å². The zero-order chi connectivity index (χ0) is 19.8. The highest BCUT2D eigenvalue weighted by atomic mass is 16.7. The third-order valence-electron chi connectivity index (χ3n) is 5.56. The molecule has 29 heavy (non-hydrogen) atoms. The molecule has 3 aromatic rings. The lowest BCUT2D eigenvalue weighted by Crippen LogP contribution is -2.28. The van der Waals surface area contributed by atoms with Crippen LogP contribution in [0.25, 0.3) is 11.1 Å². The van der Waals surface area contributed by atoms with E-state index in [0.717, 1.165) is 35.1 Å². The molecule has 1 aliphatic carbocycles. The molecule has 2 heterocycles. The van der Waals surface area contributed by atoms with Gasteiger partial charge in [0.05, 0.1) is 12.0 Å². The molecule has 5 rings (SSSR count). The van der Waals surface area contributed by atoms with Crippen LogP contribution >= 0.6 is 0 Å². The van der Waals surface area contributed by atoms with Crippen LogP contribution in [0.5, 0.6) is 11.5 Å². The van der Waals surface area contributed by atoms with Gasteiger partial charge in [-0.2, -0.15) is 0 Å². The minimum absolute atomic E-state index is 0. The molecule has 1 aromatic heterocycles. The number of ether oxygens (including phenoxy) is 2. The van der Waals surface area contributed by atoms with E-state index in [-0.39, 0.29) is 22.2 Å². The van der Waals surface area contributed by atoms with Gasteiger partial charge in [0.1, 0.15) is 5.82 Å². The van der Waals surface area contributed by atoms with Crippen molar-refractivity contribution in [1.82, 2.24) is 4.98 Å². The Hall–Kier alpha value is -3.38. The van der Waals surface area contributed by atoms with Crippen molar-refractivity contribution >= 4 is 11.7 Å². The number of amides is 1. The van der Waals surface area contributed by atoms with Crippen molar-refractivity contribution < 1.29 is 22.2 Å². The lowest BCUT2D eigenvalue weighted by molar-refractivity contribution is -0.118. The molecule has 1 fully saturated rings. The summed E-state index contributed by atoms with van der Waals surface area (Å²) >= 11 is 0. The quantitative estimate of drug-likeness (QED) is 0.682. The van der Waals surface area contributed by atoms with Crippen molar-refractivity contribution in [3.05, 3.63) is 71.9 Å². The topological polar surface area (TPSA) is 80.7 Å². The maximum Gasteiger partial charge on any atom is 0.236 e. The minimum Gasteiger partial charge on any atom is -0.454 e. The number of nitrogens with one attached hydrogen (secondary N) is 1. The first kappa shape index (κ1) is 17.7. The van der Waals surface area contributed by atoms with Crippen molar-refractivity contribution in [2.75, 3.05) is 12.1 Å². The number of hydrogen-bond acceptors (Lipinski definition) is 5. The summed E-state index contributed by atoms with van der Waals surface area (Å²) < 4.78 is 10.8. The Balaban J connectivity index is 0.00000136. The average molecular weight is 392 g/mol. The first-order chi connectivity index (χ1) is 14.2. The number of aliphatic hydroxyl groups is 1. The number of aliphatic hydroxyl groups excluding tert-OH is 1. The Kier molecular flexibility index (Phi) is 4.21. The molecule has 2 N–H and O–H groups in total. The zero-order valence-corrected chi connectivity index (χ0v) is 15.7. The summed E-state index contributed by atoms with van der Waals surface area (Å²) in [6.07, 6.45) is 3.32.